The fourth-order valence-corrected chi connectivity index (χ4v) is 6.07. The molecule has 0 amide bonds. The van der Waals surface area contributed by atoms with Crippen molar-refractivity contribution in [3.05, 3.63) is 41.2 Å². The first-order valence-electron chi connectivity index (χ1n) is 9.10. The van der Waals surface area contributed by atoms with E-state index in [-0.39, 0.29) is 0 Å². The summed E-state index contributed by atoms with van der Waals surface area (Å²) >= 11 is 0. The summed E-state index contributed by atoms with van der Waals surface area (Å²) in [6, 6.07) is 0. The molecule has 0 aromatic carbocycles. The average molecular weight is 280 g/mol. The van der Waals surface area contributed by atoms with E-state index in [2.05, 4.69) is 24.5 Å². The maximum Gasteiger partial charge on any atom is -0.0160 e. The molecule has 0 aromatic heterocycles. The van der Waals surface area contributed by atoms with Gasteiger partial charge in [0.15, 0.2) is 0 Å². The van der Waals surface area contributed by atoms with Gasteiger partial charge in [0.05, 0.1) is 0 Å². The predicted molar refractivity (Wildman–Crippen MR) is 89.0 cm³/mol. The summed E-state index contributed by atoms with van der Waals surface area (Å²) in [5, 5.41) is 0. The van der Waals surface area contributed by atoms with Crippen molar-refractivity contribution < 1.29 is 0 Å². The van der Waals surface area contributed by atoms with Crippen LogP contribution >= 0.6 is 0 Å². The fraction of sp³-hybridized carbons (Fsp3) is 0.667. The van der Waals surface area contributed by atoms with Crippen molar-refractivity contribution in [1.82, 2.24) is 0 Å². The Bertz CT molecular complexity index is 540. The van der Waals surface area contributed by atoms with Crippen molar-refractivity contribution >= 4 is 0 Å². The molecule has 0 nitrogen and oxygen atoms in total. The minimum absolute atomic E-state index is 0.606. The Labute approximate surface area is 129 Å². The van der Waals surface area contributed by atoms with Crippen LogP contribution in [0.1, 0.15) is 70.6 Å². The largest absolute Gasteiger partial charge is 0.133 e. The highest BCUT2D eigenvalue weighted by molar-refractivity contribution is 5.42. The molecular formula is C21H28. The third kappa shape index (κ3) is 2.11. The SMILES string of the molecule is C=C=CC[C@@]12CCC[C@H]1[C@@H]1CCC3=CCCCC3=C1CC2. The number of hydrogen-bond acceptors (Lipinski definition) is 0. The van der Waals surface area contributed by atoms with Crippen molar-refractivity contribution in [1.29, 1.82) is 0 Å². The standard InChI is InChI=1S/C21H28/c1-2-3-13-21-14-6-9-20(21)19-11-10-16-7-4-5-8-17(16)18(19)12-15-21/h3,7,19-20H,1,4-6,8-15H2/t19-,20+,21+/m1/s1. The zero-order valence-electron chi connectivity index (χ0n) is 13.3. The van der Waals surface area contributed by atoms with Crippen LogP contribution in [0.3, 0.4) is 0 Å². The summed E-state index contributed by atoms with van der Waals surface area (Å²) in [7, 11) is 0. The van der Waals surface area contributed by atoms with Gasteiger partial charge in [-0.2, -0.15) is 0 Å². The quantitative estimate of drug-likeness (QED) is 0.535. The fourth-order valence-electron chi connectivity index (χ4n) is 6.07. The molecule has 0 unspecified atom stereocenters. The lowest BCUT2D eigenvalue weighted by Crippen LogP contribution is -2.38. The first-order chi connectivity index (χ1) is 10.3. The van der Waals surface area contributed by atoms with Crippen molar-refractivity contribution in [2.75, 3.05) is 0 Å². The Morgan fingerprint density at radius 1 is 1.19 bits per heavy atom. The van der Waals surface area contributed by atoms with Crippen LogP contribution in [-0.2, 0) is 0 Å². The van der Waals surface area contributed by atoms with Crippen LogP contribution in [0.2, 0.25) is 0 Å². The van der Waals surface area contributed by atoms with Gasteiger partial charge in [0, 0.05) is 0 Å². The third-order valence-corrected chi connectivity index (χ3v) is 6.98. The first-order valence-corrected chi connectivity index (χ1v) is 9.10. The molecule has 0 heteroatoms. The molecule has 2 fully saturated rings. The lowest BCUT2D eigenvalue weighted by molar-refractivity contribution is 0.101. The van der Waals surface area contributed by atoms with Crippen LogP contribution in [0, 0.1) is 17.3 Å². The highest BCUT2D eigenvalue weighted by Crippen LogP contribution is 2.61. The predicted octanol–water partition coefficient (Wildman–Crippen LogP) is 6.11. The van der Waals surface area contributed by atoms with Gasteiger partial charge in [-0.05, 0) is 98.7 Å². The molecule has 0 aromatic rings. The average Bonchev–Trinajstić information content (AvgIpc) is 2.97. The molecule has 0 saturated heterocycles. The van der Waals surface area contributed by atoms with Crippen molar-refractivity contribution in [2.45, 2.75) is 70.6 Å². The van der Waals surface area contributed by atoms with E-state index in [4.69, 9.17) is 0 Å². The van der Waals surface area contributed by atoms with Gasteiger partial charge in [-0.25, -0.2) is 0 Å². The Morgan fingerprint density at radius 2 is 2.14 bits per heavy atom. The topological polar surface area (TPSA) is 0 Å². The molecule has 112 valence electrons. The second-order valence-corrected chi connectivity index (χ2v) is 7.74. The van der Waals surface area contributed by atoms with Gasteiger partial charge < -0.3 is 0 Å². The van der Waals surface area contributed by atoms with Crippen LogP contribution in [0.25, 0.3) is 0 Å². The van der Waals surface area contributed by atoms with Crippen LogP contribution in [0.15, 0.2) is 41.2 Å². The summed E-state index contributed by atoms with van der Waals surface area (Å²) in [4.78, 5) is 0. The lowest BCUT2D eigenvalue weighted by Gasteiger charge is -2.48. The second-order valence-electron chi connectivity index (χ2n) is 7.74. The maximum absolute atomic E-state index is 3.79. The molecule has 4 aliphatic carbocycles. The van der Waals surface area contributed by atoms with Gasteiger partial charge >= 0.3 is 0 Å². The van der Waals surface area contributed by atoms with Gasteiger partial charge in [0.1, 0.15) is 0 Å². The van der Waals surface area contributed by atoms with Gasteiger partial charge in [0.25, 0.3) is 0 Å². The van der Waals surface area contributed by atoms with E-state index < -0.39 is 0 Å². The van der Waals surface area contributed by atoms with Crippen LogP contribution < -0.4 is 0 Å². The number of allylic oxidation sites excluding steroid dienone is 5. The van der Waals surface area contributed by atoms with Gasteiger partial charge in [0.2, 0.25) is 0 Å². The van der Waals surface area contributed by atoms with Crippen molar-refractivity contribution in [2.24, 2.45) is 17.3 Å². The molecule has 2 saturated carbocycles. The summed E-state index contributed by atoms with van der Waals surface area (Å²) in [6.45, 7) is 3.79. The first kappa shape index (κ1) is 13.6. The minimum atomic E-state index is 0.606. The second kappa shape index (κ2) is 5.33. The van der Waals surface area contributed by atoms with E-state index in [1.54, 1.807) is 5.57 Å². The van der Waals surface area contributed by atoms with Crippen molar-refractivity contribution in [3.8, 4) is 0 Å². The zero-order chi connectivity index (χ0) is 14.3. The highest BCUT2D eigenvalue weighted by Gasteiger charge is 2.50. The van der Waals surface area contributed by atoms with E-state index in [9.17, 15) is 0 Å². The van der Waals surface area contributed by atoms with Gasteiger partial charge in [-0.1, -0.05) is 24.6 Å². The third-order valence-electron chi connectivity index (χ3n) is 6.98. The van der Waals surface area contributed by atoms with Gasteiger partial charge in [-0.3, -0.25) is 0 Å². The molecule has 21 heavy (non-hydrogen) atoms. The zero-order valence-corrected chi connectivity index (χ0v) is 13.3. The summed E-state index contributed by atoms with van der Waals surface area (Å²) < 4.78 is 0. The molecule has 4 rings (SSSR count). The number of rotatable bonds is 2. The molecule has 0 radical (unpaired) electrons. The number of fused-ring (bicyclic) bond motifs is 4. The monoisotopic (exact) mass is 280 g/mol. The Kier molecular flexibility index (Phi) is 3.46. The molecule has 3 atom stereocenters. The molecule has 0 aliphatic heterocycles. The van der Waals surface area contributed by atoms with Crippen LogP contribution in [-0.4, -0.2) is 0 Å². The highest BCUT2D eigenvalue weighted by atomic mass is 14.5. The Morgan fingerprint density at radius 3 is 3.05 bits per heavy atom. The van der Waals surface area contributed by atoms with E-state index in [1.165, 1.54) is 70.6 Å². The minimum Gasteiger partial charge on any atom is -0.133 e. The van der Waals surface area contributed by atoms with E-state index in [1.807, 2.05) is 11.1 Å². The normalized spacial score (nSPS) is 38.0. The maximum atomic E-state index is 3.79. The molecule has 0 spiro atoms. The smallest absolute Gasteiger partial charge is 0.0160 e. The van der Waals surface area contributed by atoms with Crippen LogP contribution in [0.5, 0.6) is 0 Å². The van der Waals surface area contributed by atoms with Crippen LogP contribution in [0.4, 0.5) is 0 Å². The van der Waals surface area contributed by atoms with E-state index in [0.717, 1.165) is 11.8 Å². The van der Waals surface area contributed by atoms with Gasteiger partial charge in [-0.15, -0.1) is 5.73 Å². The molecule has 0 heterocycles. The number of hydrogen-bond donors (Lipinski definition) is 0. The lowest BCUT2D eigenvalue weighted by atomic mass is 9.56. The van der Waals surface area contributed by atoms with Crippen molar-refractivity contribution in [3.63, 3.8) is 0 Å². The molecule has 0 bridgehead atoms. The van der Waals surface area contributed by atoms with E-state index in [0.29, 0.717) is 5.41 Å². The Balaban J connectivity index is 1.69. The van der Waals surface area contributed by atoms with E-state index >= 15 is 0 Å². The molecule has 4 aliphatic rings. The molecule has 0 N–H and O–H groups in total. The summed E-state index contributed by atoms with van der Waals surface area (Å²) in [5.74, 6) is 1.88. The molecular weight excluding hydrogens is 252 g/mol. The summed E-state index contributed by atoms with van der Waals surface area (Å²) in [6.07, 6.45) is 20.1. The summed E-state index contributed by atoms with van der Waals surface area (Å²) in [5.41, 5.74) is 9.11. The Hall–Kier alpha value is -1.00.